The second-order valence-electron chi connectivity index (χ2n) is 15.6. The molecule has 0 amide bonds. The Bertz CT molecular complexity index is 2070. The van der Waals surface area contributed by atoms with Crippen molar-refractivity contribution in [2.45, 2.75) is 121 Å². The number of aliphatic hydroxyl groups is 1. The molecular formula is C45H58IrNO2S-. The van der Waals surface area contributed by atoms with Crippen LogP contribution in [0.15, 0.2) is 66.1 Å². The van der Waals surface area contributed by atoms with Crippen molar-refractivity contribution in [3.63, 3.8) is 0 Å². The summed E-state index contributed by atoms with van der Waals surface area (Å²) in [6.07, 6.45) is 5.47. The maximum absolute atomic E-state index is 12.4. The first-order valence-corrected chi connectivity index (χ1v) is 18.8. The minimum atomic E-state index is -2.55. The zero-order valence-corrected chi connectivity index (χ0v) is 35.1. The van der Waals surface area contributed by atoms with Gasteiger partial charge < -0.3 is 5.11 Å². The summed E-state index contributed by atoms with van der Waals surface area (Å²) in [4.78, 5) is 17.2. The van der Waals surface area contributed by atoms with E-state index >= 15 is 0 Å². The molecule has 3 nitrogen and oxygen atoms in total. The van der Waals surface area contributed by atoms with Crippen LogP contribution in [0.25, 0.3) is 42.2 Å². The van der Waals surface area contributed by atoms with Gasteiger partial charge in [0, 0.05) is 68.3 Å². The molecule has 1 radical (unpaired) electrons. The van der Waals surface area contributed by atoms with Crippen LogP contribution in [0.2, 0.25) is 0 Å². The molecule has 0 saturated carbocycles. The molecule has 0 bridgehead atoms. The molecule has 0 atom stereocenters. The number of hydrogen-bond donors (Lipinski definition) is 1. The molecule has 50 heavy (non-hydrogen) atoms. The molecule has 1 N–H and O–H groups in total. The molecule has 0 fully saturated rings. The standard InChI is InChI=1S/C31H32NS.C14H26O2.Ir/c1-19-21(18-30(2,3)4)12-13-24-25-14-15-32-27(29(25)33-28(19)24)22-16-20-10-8-9-11-23(20)26(17-22)31(5,6)7;1-6-11(7-2)13(15)10(5)14(16)12(8-3)9-4;/h8-15,17H,18H2,1-7H3;11-12,15H,6-9H2,1-5H3;/q-1;;/b;13-10-;/i;5D3;. The summed E-state index contributed by atoms with van der Waals surface area (Å²) >= 11 is 1.89. The van der Waals surface area contributed by atoms with Crippen molar-refractivity contribution >= 4 is 48.1 Å². The Kier molecular flexibility index (Phi) is 12.6. The summed E-state index contributed by atoms with van der Waals surface area (Å²) in [5.74, 6) is -1.24. The molecule has 0 aliphatic heterocycles. The molecule has 0 spiro atoms. The van der Waals surface area contributed by atoms with Crippen LogP contribution in [-0.4, -0.2) is 15.9 Å². The van der Waals surface area contributed by atoms with E-state index in [1.54, 1.807) is 0 Å². The van der Waals surface area contributed by atoms with Crippen LogP contribution in [-0.2, 0) is 36.7 Å². The van der Waals surface area contributed by atoms with Crippen molar-refractivity contribution in [1.82, 2.24) is 4.98 Å². The molecule has 0 saturated heterocycles. The molecule has 0 unspecified atom stereocenters. The van der Waals surface area contributed by atoms with Gasteiger partial charge in [-0.3, -0.25) is 9.78 Å². The number of hydrogen-bond acceptors (Lipinski definition) is 4. The molecule has 0 aliphatic carbocycles. The number of rotatable bonds is 9. The number of allylic oxidation sites excluding steroid dienone is 2. The van der Waals surface area contributed by atoms with Crippen LogP contribution in [0.3, 0.4) is 0 Å². The fourth-order valence-electron chi connectivity index (χ4n) is 6.74. The molecular weight excluding hydrogens is 811 g/mol. The first kappa shape index (κ1) is 36.9. The molecule has 2 heterocycles. The van der Waals surface area contributed by atoms with Crippen LogP contribution in [0.4, 0.5) is 0 Å². The summed E-state index contributed by atoms with van der Waals surface area (Å²) in [6.45, 7) is 21.0. The number of pyridine rings is 1. The van der Waals surface area contributed by atoms with Crippen molar-refractivity contribution < 1.29 is 34.1 Å². The molecule has 271 valence electrons. The van der Waals surface area contributed by atoms with Crippen molar-refractivity contribution in [2.75, 3.05) is 0 Å². The number of nitrogens with zero attached hydrogens (tertiary/aromatic N) is 1. The third-order valence-electron chi connectivity index (χ3n) is 9.71. The zero-order chi connectivity index (χ0) is 38.8. The van der Waals surface area contributed by atoms with Crippen molar-refractivity contribution in [3.05, 3.63) is 88.8 Å². The smallest absolute Gasteiger partial charge is 0.164 e. The van der Waals surface area contributed by atoms with Gasteiger partial charge in [-0.1, -0.05) is 111 Å². The number of fused-ring (bicyclic) bond motifs is 4. The number of thiophene rings is 1. The van der Waals surface area contributed by atoms with Crippen molar-refractivity contribution in [3.8, 4) is 11.3 Å². The Hall–Kier alpha value is -2.85. The number of aromatic nitrogens is 1. The van der Waals surface area contributed by atoms with E-state index in [-0.39, 0.29) is 54.1 Å². The molecule has 2 aromatic heterocycles. The van der Waals surface area contributed by atoms with Gasteiger partial charge in [-0.2, -0.15) is 0 Å². The van der Waals surface area contributed by atoms with E-state index < -0.39 is 12.6 Å². The minimum absolute atomic E-state index is 0. The Morgan fingerprint density at radius 1 is 0.880 bits per heavy atom. The van der Waals surface area contributed by atoms with Crippen LogP contribution in [0, 0.1) is 30.2 Å². The van der Waals surface area contributed by atoms with E-state index in [0.717, 1.165) is 23.1 Å². The van der Waals surface area contributed by atoms with E-state index in [4.69, 9.17) is 9.10 Å². The van der Waals surface area contributed by atoms with Crippen molar-refractivity contribution in [2.24, 2.45) is 17.3 Å². The van der Waals surface area contributed by atoms with Gasteiger partial charge in [-0.15, -0.1) is 40.5 Å². The second kappa shape index (κ2) is 17.1. The third-order valence-corrected chi connectivity index (χ3v) is 11.1. The van der Waals surface area contributed by atoms with Gasteiger partial charge in [-0.05, 0) is 79.3 Å². The van der Waals surface area contributed by atoms with Crippen LogP contribution >= 0.6 is 11.3 Å². The number of carbonyl (C=O) groups excluding carboxylic acids is 1. The number of ketones is 1. The molecule has 0 aliphatic rings. The largest absolute Gasteiger partial charge is 0.512 e. The minimum Gasteiger partial charge on any atom is -0.512 e. The summed E-state index contributed by atoms with van der Waals surface area (Å²) in [7, 11) is 0. The van der Waals surface area contributed by atoms with E-state index in [1.165, 1.54) is 42.2 Å². The first-order chi connectivity index (χ1) is 24.3. The predicted molar refractivity (Wildman–Crippen MR) is 214 cm³/mol. The number of carbonyl (C=O) groups is 1. The van der Waals surface area contributed by atoms with Gasteiger partial charge in [0.2, 0.25) is 0 Å². The van der Waals surface area contributed by atoms with E-state index in [2.05, 4.69) is 103 Å². The van der Waals surface area contributed by atoms with Crippen LogP contribution in [0.5, 0.6) is 0 Å². The SMILES string of the molecule is Cc1c(CC(C)(C)C)ccc2c1sc1c(-c3[c-]c4ccccc4c(C(C)(C)C)c3)nccc12.[2H]C([2H])([2H])/C(C(=O)C(CC)CC)=C(/O)C(CC)CC.[Ir]. The summed E-state index contributed by atoms with van der Waals surface area (Å²) in [5.41, 5.74) is 6.28. The Morgan fingerprint density at radius 2 is 1.50 bits per heavy atom. The first-order valence-electron chi connectivity index (χ1n) is 19.5. The number of Topliss-reactive ketones (excluding diaryl/α,β-unsaturated/α-hetero) is 1. The monoisotopic (exact) mass is 872 g/mol. The molecule has 5 heteroatoms. The number of benzene rings is 3. The number of aliphatic hydroxyl groups excluding tert-OH is 1. The average Bonchev–Trinajstić information content (AvgIpc) is 3.45. The van der Waals surface area contributed by atoms with E-state index in [0.29, 0.717) is 25.7 Å². The van der Waals surface area contributed by atoms with Gasteiger partial charge in [0.1, 0.15) is 5.76 Å². The Balaban J connectivity index is 0.000000327. The van der Waals surface area contributed by atoms with Gasteiger partial charge in [0.05, 0.1) is 0 Å². The Morgan fingerprint density at radius 3 is 2.08 bits per heavy atom. The normalized spacial score (nSPS) is 13.8. The molecule has 3 aromatic carbocycles. The number of aryl methyl sites for hydroxylation is 1. The van der Waals surface area contributed by atoms with Gasteiger partial charge in [0.25, 0.3) is 0 Å². The van der Waals surface area contributed by atoms with Crippen LogP contribution in [0.1, 0.15) is 123 Å². The van der Waals surface area contributed by atoms with Gasteiger partial charge in [-0.25, -0.2) is 0 Å². The van der Waals surface area contributed by atoms with E-state index in [1.807, 2.05) is 45.2 Å². The predicted octanol–water partition coefficient (Wildman–Crippen LogP) is 13.5. The second-order valence-corrected chi connectivity index (χ2v) is 16.7. The van der Waals surface area contributed by atoms with E-state index in [9.17, 15) is 9.90 Å². The molecule has 5 aromatic rings. The average molecular weight is 872 g/mol. The van der Waals surface area contributed by atoms with Gasteiger partial charge in [0.15, 0.2) is 5.78 Å². The molecule has 5 rings (SSSR count). The zero-order valence-electron chi connectivity index (χ0n) is 34.9. The fourth-order valence-corrected chi connectivity index (χ4v) is 8.07. The maximum Gasteiger partial charge on any atom is 0.164 e. The summed E-state index contributed by atoms with van der Waals surface area (Å²) < 4.78 is 25.2. The van der Waals surface area contributed by atoms with Crippen LogP contribution < -0.4 is 0 Å². The summed E-state index contributed by atoms with van der Waals surface area (Å²) in [5, 5.41) is 15.3. The van der Waals surface area contributed by atoms with Crippen molar-refractivity contribution in [1.29, 1.82) is 0 Å². The maximum atomic E-state index is 12.4. The Labute approximate surface area is 323 Å². The summed E-state index contributed by atoms with van der Waals surface area (Å²) in [6, 6.07) is 21.4. The third kappa shape index (κ3) is 9.14. The topological polar surface area (TPSA) is 50.2 Å². The quantitative estimate of drug-likeness (QED) is 0.0912. The van der Waals surface area contributed by atoms with Gasteiger partial charge >= 0.3 is 0 Å². The fraction of sp³-hybridized carbons (Fsp3) is 0.467.